The number of nitrogens with zero attached hydrogens (tertiary/aromatic N) is 1. The van der Waals surface area contributed by atoms with Crippen LogP contribution in [-0.4, -0.2) is 9.91 Å². The van der Waals surface area contributed by atoms with Crippen LogP contribution in [0.4, 0.5) is 5.00 Å². The first-order valence-corrected chi connectivity index (χ1v) is 3.33. The van der Waals surface area contributed by atoms with Gasteiger partial charge < -0.3 is 0 Å². The fourth-order valence-corrected chi connectivity index (χ4v) is 1.29. The lowest BCUT2D eigenvalue weighted by Gasteiger charge is -1.80. The Morgan fingerprint density at radius 1 is 1.70 bits per heavy atom. The molecule has 5 nitrogen and oxygen atoms in total. The Balaban J connectivity index is 3.28. The van der Waals surface area contributed by atoms with Crippen molar-refractivity contribution in [3.63, 3.8) is 0 Å². The lowest BCUT2D eigenvalue weighted by Crippen LogP contribution is -1.89. The second-order valence-electron chi connectivity index (χ2n) is 1.39. The van der Waals surface area contributed by atoms with E-state index >= 15 is 0 Å². The third kappa shape index (κ3) is 1.17. The van der Waals surface area contributed by atoms with E-state index in [1.54, 1.807) is 0 Å². The molecule has 0 unspecified atom stereocenters. The molecule has 1 heterocycles. The highest BCUT2D eigenvalue weighted by Gasteiger charge is 2.16. The lowest BCUT2D eigenvalue weighted by atomic mass is 10.9. The van der Waals surface area contributed by atoms with Crippen LogP contribution in [0.25, 0.3) is 0 Å². The van der Waals surface area contributed by atoms with Gasteiger partial charge in [0.05, 0.1) is 4.92 Å². The molecule has 0 aromatic carbocycles. The van der Waals surface area contributed by atoms with E-state index < -0.39 is 9.80 Å². The van der Waals surface area contributed by atoms with Crippen molar-refractivity contribution < 1.29 is 4.92 Å². The average Bonchev–Trinajstić information content (AvgIpc) is 2.10. The SMILES string of the molecule is O=c1[nH]c(Cl)c([N+](=O)[O-])s1. The van der Waals surface area contributed by atoms with Crippen LogP contribution in [-0.2, 0) is 0 Å². The zero-order chi connectivity index (χ0) is 7.72. The number of rotatable bonds is 1. The second kappa shape index (κ2) is 2.39. The fourth-order valence-electron chi connectivity index (χ4n) is 0.419. The highest BCUT2D eigenvalue weighted by Crippen LogP contribution is 2.23. The molecule has 1 rings (SSSR count). The molecule has 0 saturated carbocycles. The molecule has 0 aliphatic rings. The van der Waals surface area contributed by atoms with E-state index in [0.29, 0.717) is 11.3 Å². The summed E-state index contributed by atoms with van der Waals surface area (Å²) in [7, 11) is 0. The van der Waals surface area contributed by atoms with Crippen LogP contribution >= 0.6 is 22.9 Å². The molecule has 0 atom stereocenters. The minimum absolute atomic E-state index is 0.208. The predicted octanol–water partition coefficient (Wildman–Crippen LogP) is 0.998. The largest absolute Gasteiger partial charge is 0.364 e. The van der Waals surface area contributed by atoms with Gasteiger partial charge in [0.2, 0.25) is 0 Å². The van der Waals surface area contributed by atoms with Crippen molar-refractivity contribution in [2.24, 2.45) is 0 Å². The number of H-pyrrole nitrogens is 1. The van der Waals surface area contributed by atoms with Gasteiger partial charge in [-0.1, -0.05) is 11.6 Å². The second-order valence-corrected chi connectivity index (χ2v) is 2.73. The van der Waals surface area contributed by atoms with Crippen LogP contribution in [0.1, 0.15) is 0 Å². The van der Waals surface area contributed by atoms with Crippen molar-refractivity contribution in [2.45, 2.75) is 0 Å². The molecule has 0 radical (unpaired) electrons. The number of thiazole rings is 1. The molecule has 0 fully saturated rings. The first-order chi connectivity index (χ1) is 4.61. The van der Waals surface area contributed by atoms with Gasteiger partial charge in [-0.3, -0.25) is 19.9 Å². The molecule has 0 saturated heterocycles. The van der Waals surface area contributed by atoms with E-state index in [1.807, 2.05) is 0 Å². The summed E-state index contributed by atoms with van der Waals surface area (Å²) in [5.74, 6) is 0. The smallest absolute Gasteiger partial charge is 0.297 e. The molecule has 54 valence electrons. The lowest BCUT2D eigenvalue weighted by molar-refractivity contribution is -0.380. The zero-order valence-electron chi connectivity index (χ0n) is 4.46. The number of halogens is 1. The number of aromatic amines is 1. The van der Waals surface area contributed by atoms with Crippen LogP contribution in [0.3, 0.4) is 0 Å². The van der Waals surface area contributed by atoms with E-state index in [-0.39, 0.29) is 10.2 Å². The van der Waals surface area contributed by atoms with Gasteiger partial charge in [0, 0.05) is 11.3 Å². The monoisotopic (exact) mass is 180 g/mol. The summed E-state index contributed by atoms with van der Waals surface area (Å²) in [6.07, 6.45) is 0. The number of hydrogen-bond donors (Lipinski definition) is 1. The van der Waals surface area contributed by atoms with Crippen LogP contribution in [0.15, 0.2) is 4.79 Å². The molecule has 0 spiro atoms. The minimum Gasteiger partial charge on any atom is -0.297 e. The maximum absolute atomic E-state index is 10.4. The number of hydrogen-bond acceptors (Lipinski definition) is 4. The minimum atomic E-state index is -0.703. The Hall–Kier alpha value is -0.880. The molecule has 0 aliphatic carbocycles. The van der Waals surface area contributed by atoms with Gasteiger partial charge in [0.25, 0.3) is 0 Å². The average molecular weight is 181 g/mol. The third-order valence-electron chi connectivity index (χ3n) is 0.755. The summed E-state index contributed by atoms with van der Waals surface area (Å²) < 4.78 is 0. The summed E-state index contributed by atoms with van der Waals surface area (Å²) in [4.78, 5) is 21.3. The van der Waals surface area contributed by atoms with E-state index in [9.17, 15) is 14.9 Å². The van der Waals surface area contributed by atoms with Gasteiger partial charge in [-0.05, 0) is 0 Å². The highest BCUT2D eigenvalue weighted by atomic mass is 35.5. The van der Waals surface area contributed by atoms with Gasteiger partial charge in [-0.25, -0.2) is 0 Å². The standard InChI is InChI=1S/C3HClN2O3S/c4-1-2(6(8)9)10-3(7)5-1/h(H,5,7). The van der Waals surface area contributed by atoms with E-state index in [4.69, 9.17) is 11.6 Å². The Morgan fingerprint density at radius 3 is 2.50 bits per heavy atom. The summed E-state index contributed by atoms with van der Waals surface area (Å²) in [5, 5.41) is 9.46. The van der Waals surface area contributed by atoms with Gasteiger partial charge in [-0.15, -0.1) is 0 Å². The molecule has 1 aromatic rings. The van der Waals surface area contributed by atoms with Crippen molar-refractivity contribution in [1.29, 1.82) is 0 Å². The van der Waals surface area contributed by atoms with Crippen molar-refractivity contribution in [3.05, 3.63) is 24.9 Å². The van der Waals surface area contributed by atoms with Crippen LogP contribution < -0.4 is 4.87 Å². The normalized spacial score (nSPS) is 9.70. The molecule has 10 heavy (non-hydrogen) atoms. The molecule has 0 amide bonds. The number of nitrogens with one attached hydrogen (secondary N) is 1. The molecule has 1 aromatic heterocycles. The third-order valence-corrected chi connectivity index (χ3v) is 1.97. The Kier molecular flexibility index (Phi) is 1.73. The summed E-state index contributed by atoms with van der Waals surface area (Å²) >= 11 is 5.73. The van der Waals surface area contributed by atoms with Crippen molar-refractivity contribution in [1.82, 2.24) is 4.98 Å². The van der Waals surface area contributed by atoms with Crippen LogP contribution in [0, 0.1) is 10.1 Å². The molecule has 0 aliphatic heterocycles. The van der Waals surface area contributed by atoms with Gasteiger partial charge in [0.1, 0.15) is 0 Å². The Labute approximate surface area is 63.4 Å². The van der Waals surface area contributed by atoms with Gasteiger partial charge >= 0.3 is 9.87 Å². The van der Waals surface area contributed by atoms with E-state index in [1.165, 1.54) is 0 Å². The summed E-state index contributed by atoms with van der Waals surface area (Å²) in [5.41, 5.74) is 0. The van der Waals surface area contributed by atoms with Gasteiger partial charge in [-0.2, -0.15) is 0 Å². The van der Waals surface area contributed by atoms with Gasteiger partial charge in [0.15, 0.2) is 5.15 Å². The predicted molar refractivity (Wildman–Crippen MR) is 36.6 cm³/mol. The van der Waals surface area contributed by atoms with Crippen molar-refractivity contribution in [2.75, 3.05) is 0 Å². The Morgan fingerprint density at radius 2 is 2.30 bits per heavy atom. The highest BCUT2D eigenvalue weighted by molar-refractivity contribution is 7.13. The van der Waals surface area contributed by atoms with Crippen molar-refractivity contribution >= 4 is 27.9 Å². The summed E-state index contributed by atoms with van der Waals surface area (Å²) in [6, 6.07) is 0. The van der Waals surface area contributed by atoms with Crippen LogP contribution in [0.5, 0.6) is 0 Å². The number of aromatic nitrogens is 1. The number of nitro groups is 1. The molecular weight excluding hydrogens is 180 g/mol. The topological polar surface area (TPSA) is 76.0 Å². The van der Waals surface area contributed by atoms with E-state index in [2.05, 4.69) is 4.98 Å². The van der Waals surface area contributed by atoms with Crippen molar-refractivity contribution in [3.8, 4) is 0 Å². The summed E-state index contributed by atoms with van der Waals surface area (Å²) in [6.45, 7) is 0. The van der Waals surface area contributed by atoms with E-state index in [0.717, 1.165) is 0 Å². The zero-order valence-corrected chi connectivity index (χ0v) is 6.03. The molecular formula is C3HClN2O3S. The maximum atomic E-state index is 10.4. The first-order valence-electron chi connectivity index (χ1n) is 2.14. The quantitative estimate of drug-likeness (QED) is 0.517. The molecule has 7 heteroatoms. The first kappa shape index (κ1) is 7.23. The molecule has 1 N–H and O–H groups in total. The van der Waals surface area contributed by atoms with Crippen LogP contribution in [0.2, 0.25) is 5.15 Å². The Bertz CT molecular complexity index is 316. The molecule has 0 bridgehead atoms. The maximum Gasteiger partial charge on any atom is 0.364 e. The fraction of sp³-hybridized carbons (Fsp3) is 0.